The number of hydrogen-bond donors (Lipinski definition) is 2. The van der Waals surface area contributed by atoms with E-state index in [1.807, 2.05) is 54.6 Å². The van der Waals surface area contributed by atoms with Crippen molar-refractivity contribution >= 4 is 49.6 Å². The second kappa shape index (κ2) is 9.52. The molecule has 0 atom stereocenters. The van der Waals surface area contributed by atoms with Crippen LogP contribution in [0.3, 0.4) is 0 Å². The van der Waals surface area contributed by atoms with Crippen molar-refractivity contribution in [1.82, 2.24) is 10.3 Å². The van der Waals surface area contributed by atoms with Crippen molar-refractivity contribution in [3.05, 3.63) is 131 Å². The van der Waals surface area contributed by atoms with E-state index in [9.17, 15) is 9.59 Å². The fraction of sp³-hybridized carbons (Fsp3) is 0. The molecule has 0 radical (unpaired) electrons. The third-order valence-corrected chi connectivity index (χ3v) is 7.21. The number of fused-ring (bicyclic) bond motifs is 4. The summed E-state index contributed by atoms with van der Waals surface area (Å²) in [5, 5.41) is 4.56. The van der Waals surface area contributed by atoms with Gasteiger partial charge in [-0.3, -0.25) is 14.9 Å². The lowest BCUT2D eigenvalue weighted by atomic mass is 9.95. The van der Waals surface area contributed by atoms with Crippen molar-refractivity contribution in [3.8, 4) is 22.3 Å². The molecular formula is C32H21BrN2O2. The molecule has 0 unspecified atom stereocenters. The first-order valence-corrected chi connectivity index (χ1v) is 12.7. The summed E-state index contributed by atoms with van der Waals surface area (Å²) in [6.07, 6.45) is 0. The minimum Gasteiger partial charge on any atom is -0.354 e. The lowest BCUT2D eigenvalue weighted by Gasteiger charge is -2.09. The molecule has 4 nitrogen and oxygen atoms in total. The van der Waals surface area contributed by atoms with Gasteiger partial charge in [0.25, 0.3) is 11.8 Å². The molecule has 0 fully saturated rings. The predicted octanol–water partition coefficient (Wildman–Crippen LogP) is 7.99. The van der Waals surface area contributed by atoms with E-state index in [0.29, 0.717) is 11.1 Å². The molecule has 0 bridgehead atoms. The Kier molecular flexibility index (Phi) is 5.91. The largest absolute Gasteiger partial charge is 0.354 e. The highest BCUT2D eigenvalue weighted by Gasteiger charge is 2.30. The summed E-state index contributed by atoms with van der Waals surface area (Å²) < 4.78 is 0.983. The van der Waals surface area contributed by atoms with Gasteiger partial charge in [-0.15, -0.1) is 0 Å². The molecule has 5 aromatic carbocycles. The summed E-state index contributed by atoms with van der Waals surface area (Å²) in [4.78, 5) is 27.7. The summed E-state index contributed by atoms with van der Waals surface area (Å²) in [6.45, 7) is 0. The van der Waals surface area contributed by atoms with Gasteiger partial charge in [-0.05, 0) is 34.9 Å². The van der Waals surface area contributed by atoms with Crippen LogP contribution in [0.2, 0.25) is 0 Å². The van der Waals surface area contributed by atoms with E-state index in [1.54, 1.807) is 6.07 Å². The van der Waals surface area contributed by atoms with Crippen molar-refractivity contribution in [2.75, 3.05) is 0 Å². The second-order valence-electron chi connectivity index (χ2n) is 8.76. The maximum atomic E-state index is 12.3. The van der Waals surface area contributed by atoms with Crippen LogP contribution in [-0.4, -0.2) is 16.8 Å². The first-order chi connectivity index (χ1) is 18.1. The van der Waals surface area contributed by atoms with E-state index in [4.69, 9.17) is 0 Å². The zero-order valence-corrected chi connectivity index (χ0v) is 21.3. The monoisotopic (exact) mass is 544 g/mol. The number of aromatic nitrogens is 1. The number of imide groups is 1. The third-order valence-electron chi connectivity index (χ3n) is 6.54. The molecule has 6 aromatic rings. The molecule has 5 heteroatoms. The van der Waals surface area contributed by atoms with Gasteiger partial charge in [-0.1, -0.05) is 113 Å². The van der Waals surface area contributed by atoms with E-state index in [0.717, 1.165) is 37.4 Å². The molecular weight excluding hydrogens is 524 g/mol. The topological polar surface area (TPSA) is 62.0 Å². The van der Waals surface area contributed by atoms with E-state index in [-0.39, 0.29) is 11.8 Å². The molecule has 2 amide bonds. The summed E-state index contributed by atoms with van der Waals surface area (Å²) in [6, 6.07) is 38.2. The molecule has 1 aliphatic rings. The van der Waals surface area contributed by atoms with E-state index < -0.39 is 0 Å². The van der Waals surface area contributed by atoms with E-state index in [1.165, 1.54) is 11.1 Å². The number of H-pyrrole nitrogens is 1. The van der Waals surface area contributed by atoms with Gasteiger partial charge >= 0.3 is 0 Å². The summed E-state index contributed by atoms with van der Waals surface area (Å²) in [7, 11) is 0. The number of carbonyl (C=O) groups excluding carboxylic acids is 2. The van der Waals surface area contributed by atoms with Crippen LogP contribution < -0.4 is 5.32 Å². The van der Waals surface area contributed by atoms with Crippen molar-refractivity contribution in [2.24, 2.45) is 0 Å². The lowest BCUT2D eigenvalue weighted by Crippen LogP contribution is -2.20. The number of hydrogen-bond acceptors (Lipinski definition) is 2. The summed E-state index contributed by atoms with van der Waals surface area (Å²) in [5.41, 5.74) is 7.04. The van der Waals surface area contributed by atoms with Crippen LogP contribution in [0.15, 0.2) is 120 Å². The number of para-hydroxylation sites is 1. The van der Waals surface area contributed by atoms with Crippen LogP contribution in [0, 0.1) is 0 Å². The molecule has 0 aliphatic carbocycles. The van der Waals surface area contributed by atoms with Gasteiger partial charge in [-0.2, -0.15) is 0 Å². The highest BCUT2D eigenvalue weighted by molar-refractivity contribution is 9.10. The first kappa shape index (κ1) is 23.0. The molecule has 1 aliphatic heterocycles. The number of halogens is 1. The minimum absolute atomic E-state index is 0.341. The van der Waals surface area contributed by atoms with Gasteiger partial charge < -0.3 is 4.98 Å². The maximum absolute atomic E-state index is 12.3. The Morgan fingerprint density at radius 2 is 1.16 bits per heavy atom. The van der Waals surface area contributed by atoms with Gasteiger partial charge in [-0.25, -0.2) is 0 Å². The number of nitrogens with one attached hydrogen (secondary N) is 2. The Balaban J connectivity index is 0.000000176. The molecule has 37 heavy (non-hydrogen) atoms. The Labute approximate surface area is 222 Å². The normalized spacial score (nSPS) is 12.2. The van der Waals surface area contributed by atoms with Crippen LogP contribution in [-0.2, 0) is 0 Å². The van der Waals surface area contributed by atoms with Gasteiger partial charge in [0.2, 0.25) is 0 Å². The lowest BCUT2D eigenvalue weighted by molar-refractivity contribution is 0.0880. The number of carbonyl (C=O) groups is 2. The first-order valence-electron chi connectivity index (χ1n) is 11.9. The van der Waals surface area contributed by atoms with Crippen molar-refractivity contribution in [1.29, 1.82) is 0 Å². The molecule has 0 saturated heterocycles. The van der Waals surface area contributed by atoms with Gasteiger partial charge in [0.15, 0.2) is 0 Å². The van der Waals surface area contributed by atoms with Crippen molar-refractivity contribution in [3.63, 3.8) is 0 Å². The third kappa shape index (κ3) is 4.13. The molecule has 2 N–H and O–H groups in total. The fourth-order valence-electron chi connectivity index (χ4n) is 4.84. The highest BCUT2D eigenvalue weighted by Crippen LogP contribution is 2.39. The van der Waals surface area contributed by atoms with Crippen molar-refractivity contribution < 1.29 is 9.59 Å². The van der Waals surface area contributed by atoms with Gasteiger partial charge in [0.05, 0.1) is 16.6 Å². The Hall–Kier alpha value is -4.48. The van der Waals surface area contributed by atoms with Crippen LogP contribution in [0.4, 0.5) is 0 Å². The fourth-order valence-corrected chi connectivity index (χ4v) is 5.39. The minimum atomic E-state index is -0.345. The number of aromatic amines is 1. The quantitative estimate of drug-likeness (QED) is 0.217. The van der Waals surface area contributed by atoms with Crippen LogP contribution >= 0.6 is 15.9 Å². The van der Waals surface area contributed by atoms with E-state index >= 15 is 0 Å². The average Bonchev–Trinajstić information content (AvgIpc) is 3.48. The average molecular weight is 545 g/mol. The molecule has 0 saturated carbocycles. The maximum Gasteiger partial charge on any atom is 0.259 e. The van der Waals surface area contributed by atoms with Crippen LogP contribution in [0.1, 0.15) is 20.7 Å². The van der Waals surface area contributed by atoms with Crippen molar-refractivity contribution in [2.45, 2.75) is 0 Å². The summed E-state index contributed by atoms with van der Waals surface area (Å²) in [5.74, 6) is -0.686. The molecule has 2 heterocycles. The molecule has 0 spiro atoms. The number of amides is 2. The Bertz CT molecular complexity index is 1750. The number of rotatable bonds is 2. The molecule has 1 aromatic heterocycles. The highest BCUT2D eigenvalue weighted by atomic mass is 79.9. The second-order valence-corrected chi connectivity index (χ2v) is 9.61. The zero-order valence-electron chi connectivity index (χ0n) is 19.7. The summed E-state index contributed by atoms with van der Waals surface area (Å²) >= 11 is 3.63. The van der Waals surface area contributed by atoms with Crippen LogP contribution in [0.25, 0.3) is 44.1 Å². The van der Waals surface area contributed by atoms with E-state index in [2.05, 4.69) is 80.8 Å². The Morgan fingerprint density at radius 1 is 0.541 bits per heavy atom. The van der Waals surface area contributed by atoms with Crippen LogP contribution in [0.5, 0.6) is 0 Å². The SMILES string of the molecule is O=C1NC(=O)c2c1cccc2-c1ccc(Br)c2c1[nH]c1ccccc12.c1ccc(-c2ccccc2)cc1. The molecule has 7 rings (SSSR count). The standard InChI is InChI=1S/C20H11BrN2O2.C12H10/c21-14-9-8-11(18-17(14)12-4-1-2-7-15(12)22-18)10-5-3-6-13-16(10)20(25)23-19(13)24;1-3-7-11(8-4-1)12-9-5-2-6-10-12/h1-9,22H,(H,23,24,25);1-10H. The predicted molar refractivity (Wildman–Crippen MR) is 153 cm³/mol. The number of benzene rings is 5. The van der Waals surface area contributed by atoms with Gasteiger partial charge in [0.1, 0.15) is 0 Å². The Morgan fingerprint density at radius 3 is 1.86 bits per heavy atom. The van der Waals surface area contributed by atoms with Gasteiger partial charge in [0, 0.05) is 26.3 Å². The smallest absolute Gasteiger partial charge is 0.259 e. The molecule has 178 valence electrons. The zero-order chi connectivity index (χ0) is 25.4.